The summed E-state index contributed by atoms with van der Waals surface area (Å²) in [4.78, 5) is 20.7. The van der Waals surface area contributed by atoms with Crippen LogP contribution in [0.3, 0.4) is 0 Å². The molecule has 0 aromatic rings. The highest BCUT2D eigenvalue weighted by atomic mass is 16.4. The largest absolute Gasteiger partial charge is 0.481 e. The third kappa shape index (κ3) is 2.64. The van der Waals surface area contributed by atoms with Crippen LogP contribution in [0.1, 0.15) is 32.1 Å². The van der Waals surface area contributed by atoms with Crippen molar-refractivity contribution in [3.63, 3.8) is 0 Å². The summed E-state index contributed by atoms with van der Waals surface area (Å²) < 4.78 is 0. The molecule has 0 aliphatic heterocycles. The van der Waals surface area contributed by atoms with Gasteiger partial charge in [0.1, 0.15) is 6.29 Å². The zero-order chi connectivity index (χ0) is 8.97. The maximum absolute atomic E-state index is 10.4. The Hall–Kier alpha value is -0.860. The summed E-state index contributed by atoms with van der Waals surface area (Å²) in [6.07, 6.45) is 4.82. The van der Waals surface area contributed by atoms with Crippen molar-refractivity contribution in [2.45, 2.75) is 32.1 Å². The second-order valence-electron chi connectivity index (χ2n) is 3.51. The van der Waals surface area contributed by atoms with Gasteiger partial charge in [0, 0.05) is 12.3 Å². The number of carbonyl (C=O) groups is 2. The van der Waals surface area contributed by atoms with Gasteiger partial charge in [0.25, 0.3) is 0 Å². The second-order valence-corrected chi connectivity index (χ2v) is 3.51. The Labute approximate surface area is 71.8 Å². The van der Waals surface area contributed by atoms with E-state index in [9.17, 15) is 9.59 Å². The molecule has 1 rings (SSSR count). The van der Waals surface area contributed by atoms with Gasteiger partial charge in [-0.3, -0.25) is 4.79 Å². The first-order valence-electron chi connectivity index (χ1n) is 4.39. The Morgan fingerprint density at radius 1 is 1.33 bits per heavy atom. The smallest absolute Gasteiger partial charge is 0.303 e. The number of aldehydes is 1. The molecule has 3 nitrogen and oxygen atoms in total. The first-order chi connectivity index (χ1) is 5.72. The van der Waals surface area contributed by atoms with Crippen molar-refractivity contribution in [2.75, 3.05) is 0 Å². The molecular weight excluding hydrogens is 156 g/mol. The highest BCUT2D eigenvalue weighted by Gasteiger charge is 2.22. The Morgan fingerprint density at radius 3 is 2.33 bits per heavy atom. The normalized spacial score (nSPS) is 29.7. The average molecular weight is 170 g/mol. The highest BCUT2D eigenvalue weighted by molar-refractivity contribution is 5.67. The molecule has 1 N–H and O–H groups in total. The summed E-state index contributed by atoms with van der Waals surface area (Å²) in [7, 11) is 0. The average Bonchev–Trinajstić information content (AvgIpc) is 2.05. The molecule has 1 saturated carbocycles. The van der Waals surface area contributed by atoms with E-state index in [1.807, 2.05) is 0 Å². The highest BCUT2D eigenvalue weighted by Crippen LogP contribution is 2.29. The van der Waals surface area contributed by atoms with Crippen LogP contribution in [0.15, 0.2) is 0 Å². The number of carboxylic acids is 1. The minimum Gasteiger partial charge on any atom is -0.481 e. The van der Waals surface area contributed by atoms with Crippen molar-refractivity contribution >= 4 is 12.3 Å². The van der Waals surface area contributed by atoms with Crippen LogP contribution in [0.5, 0.6) is 0 Å². The Morgan fingerprint density at radius 2 is 1.92 bits per heavy atom. The minimum absolute atomic E-state index is 0.190. The maximum atomic E-state index is 10.4. The monoisotopic (exact) mass is 170 g/mol. The van der Waals surface area contributed by atoms with Crippen molar-refractivity contribution in [2.24, 2.45) is 11.8 Å². The predicted molar refractivity (Wildman–Crippen MR) is 43.8 cm³/mol. The Balaban J connectivity index is 2.26. The number of hydrogen-bond acceptors (Lipinski definition) is 2. The van der Waals surface area contributed by atoms with E-state index in [1.165, 1.54) is 0 Å². The minimum atomic E-state index is -0.718. The summed E-state index contributed by atoms with van der Waals surface area (Å²) in [6, 6.07) is 0. The van der Waals surface area contributed by atoms with Crippen molar-refractivity contribution in [1.82, 2.24) is 0 Å². The fraction of sp³-hybridized carbons (Fsp3) is 0.778. The summed E-state index contributed by atoms with van der Waals surface area (Å²) >= 11 is 0. The maximum Gasteiger partial charge on any atom is 0.303 e. The fourth-order valence-corrected chi connectivity index (χ4v) is 1.78. The number of aliphatic carboxylic acids is 1. The standard InChI is InChI=1S/C9H14O3/c10-6-8-3-1-7(2-4-8)5-9(11)12/h6-8H,1-5H2,(H,11,12). The molecular formula is C9H14O3. The van der Waals surface area contributed by atoms with Crippen LogP contribution < -0.4 is 0 Å². The van der Waals surface area contributed by atoms with Gasteiger partial charge in [-0.05, 0) is 31.6 Å². The third-order valence-electron chi connectivity index (χ3n) is 2.55. The van der Waals surface area contributed by atoms with Crippen LogP contribution in [0, 0.1) is 11.8 Å². The molecule has 1 fully saturated rings. The predicted octanol–water partition coefficient (Wildman–Crippen LogP) is 1.47. The molecule has 0 heterocycles. The van der Waals surface area contributed by atoms with Crippen molar-refractivity contribution in [3.05, 3.63) is 0 Å². The lowest BCUT2D eigenvalue weighted by molar-refractivity contribution is -0.138. The van der Waals surface area contributed by atoms with Crippen LogP contribution in [0.4, 0.5) is 0 Å². The second kappa shape index (κ2) is 4.24. The molecule has 68 valence electrons. The topological polar surface area (TPSA) is 54.4 Å². The van der Waals surface area contributed by atoms with E-state index < -0.39 is 5.97 Å². The summed E-state index contributed by atoms with van der Waals surface area (Å²) in [5.41, 5.74) is 0. The number of rotatable bonds is 3. The van der Waals surface area contributed by atoms with Gasteiger partial charge in [-0.25, -0.2) is 0 Å². The van der Waals surface area contributed by atoms with Crippen LogP contribution >= 0.6 is 0 Å². The molecule has 0 atom stereocenters. The van der Waals surface area contributed by atoms with Gasteiger partial charge < -0.3 is 9.90 Å². The van der Waals surface area contributed by atoms with E-state index in [-0.39, 0.29) is 12.3 Å². The quantitative estimate of drug-likeness (QED) is 0.652. The van der Waals surface area contributed by atoms with E-state index in [0.717, 1.165) is 32.0 Å². The van der Waals surface area contributed by atoms with Gasteiger partial charge in [-0.1, -0.05) is 0 Å². The molecule has 3 heteroatoms. The zero-order valence-electron chi connectivity index (χ0n) is 7.03. The van der Waals surface area contributed by atoms with E-state index in [2.05, 4.69) is 0 Å². The zero-order valence-corrected chi connectivity index (χ0v) is 7.03. The molecule has 0 aromatic carbocycles. The molecule has 0 radical (unpaired) electrons. The van der Waals surface area contributed by atoms with Crippen LogP contribution in [0.25, 0.3) is 0 Å². The van der Waals surface area contributed by atoms with Gasteiger partial charge >= 0.3 is 5.97 Å². The molecule has 0 unspecified atom stereocenters. The van der Waals surface area contributed by atoms with E-state index in [0.29, 0.717) is 5.92 Å². The van der Waals surface area contributed by atoms with Crippen molar-refractivity contribution < 1.29 is 14.7 Å². The van der Waals surface area contributed by atoms with Gasteiger partial charge in [0.2, 0.25) is 0 Å². The Kier molecular flexibility index (Phi) is 3.26. The molecule has 1 aliphatic carbocycles. The molecule has 1 aliphatic rings. The number of carbonyl (C=O) groups excluding carboxylic acids is 1. The summed E-state index contributed by atoms with van der Waals surface area (Å²) in [5, 5.41) is 8.52. The SMILES string of the molecule is O=CC1CCC(CC(=O)O)CC1. The summed E-state index contributed by atoms with van der Waals surface area (Å²) in [6.45, 7) is 0. The van der Waals surface area contributed by atoms with Crippen molar-refractivity contribution in [3.8, 4) is 0 Å². The van der Waals surface area contributed by atoms with Crippen molar-refractivity contribution in [1.29, 1.82) is 0 Å². The lowest BCUT2D eigenvalue weighted by atomic mass is 9.81. The molecule has 0 bridgehead atoms. The molecule has 12 heavy (non-hydrogen) atoms. The third-order valence-corrected chi connectivity index (χ3v) is 2.55. The first-order valence-corrected chi connectivity index (χ1v) is 4.39. The first kappa shape index (κ1) is 9.23. The van der Waals surface area contributed by atoms with E-state index in [4.69, 9.17) is 5.11 Å². The number of hydrogen-bond donors (Lipinski definition) is 1. The van der Waals surface area contributed by atoms with Crippen LogP contribution in [-0.2, 0) is 9.59 Å². The van der Waals surface area contributed by atoms with Gasteiger partial charge in [-0.2, -0.15) is 0 Å². The molecule has 0 aromatic heterocycles. The lowest BCUT2D eigenvalue weighted by Gasteiger charge is -2.23. The van der Waals surface area contributed by atoms with Gasteiger partial charge in [0.15, 0.2) is 0 Å². The van der Waals surface area contributed by atoms with E-state index >= 15 is 0 Å². The van der Waals surface area contributed by atoms with E-state index in [1.54, 1.807) is 0 Å². The van der Waals surface area contributed by atoms with Gasteiger partial charge in [0.05, 0.1) is 0 Å². The molecule has 0 saturated heterocycles. The summed E-state index contributed by atoms with van der Waals surface area (Å²) in [5.74, 6) is -0.224. The van der Waals surface area contributed by atoms with Crippen LogP contribution in [-0.4, -0.2) is 17.4 Å². The Bertz CT molecular complexity index is 169. The molecule has 0 amide bonds. The lowest BCUT2D eigenvalue weighted by Crippen LogP contribution is -2.17. The fourth-order valence-electron chi connectivity index (χ4n) is 1.78. The number of carboxylic acid groups (broad SMARTS) is 1. The van der Waals surface area contributed by atoms with Crippen LogP contribution in [0.2, 0.25) is 0 Å². The molecule has 0 spiro atoms. The van der Waals surface area contributed by atoms with Gasteiger partial charge in [-0.15, -0.1) is 0 Å².